The van der Waals surface area contributed by atoms with Crippen LogP contribution in [0.3, 0.4) is 0 Å². The van der Waals surface area contributed by atoms with Gasteiger partial charge in [0, 0.05) is 13.1 Å². The number of phenols is 1. The molecule has 1 aromatic carbocycles. The maximum absolute atomic E-state index is 10.9. The summed E-state index contributed by atoms with van der Waals surface area (Å²) in [7, 11) is 1.50. The number of likely N-dealkylation sites (tertiary alicyclic amines) is 1. The first-order valence-electron chi connectivity index (χ1n) is 6.01. The molecule has 1 aliphatic heterocycles. The summed E-state index contributed by atoms with van der Waals surface area (Å²) in [4.78, 5) is 13.0. The molecule has 2 rings (SSSR count). The van der Waals surface area contributed by atoms with Crippen molar-refractivity contribution in [3.8, 4) is 11.5 Å². The van der Waals surface area contributed by atoms with Gasteiger partial charge in [-0.15, -0.1) is 0 Å². The Balaban J connectivity index is 2.08. The second-order valence-electron chi connectivity index (χ2n) is 4.69. The minimum absolute atomic E-state index is 0.0797. The van der Waals surface area contributed by atoms with Crippen LogP contribution in [0.4, 0.5) is 0 Å². The third-order valence-electron chi connectivity index (χ3n) is 3.34. The van der Waals surface area contributed by atoms with Crippen LogP contribution in [0.5, 0.6) is 11.5 Å². The highest BCUT2D eigenvalue weighted by Gasteiger charge is 2.28. The van der Waals surface area contributed by atoms with E-state index in [-0.39, 0.29) is 11.7 Å². The number of nitrogens with zero attached hydrogens (tertiary/aromatic N) is 1. The van der Waals surface area contributed by atoms with Gasteiger partial charge in [-0.1, -0.05) is 0 Å². The Morgan fingerprint density at radius 1 is 1.58 bits per heavy atom. The maximum Gasteiger partial charge on any atom is 0.307 e. The molecule has 0 spiro atoms. The number of carboxylic acid groups (broad SMARTS) is 1. The topological polar surface area (TPSA) is 70.0 Å². The van der Waals surface area contributed by atoms with Gasteiger partial charge in [0.2, 0.25) is 0 Å². The summed E-state index contributed by atoms with van der Waals surface area (Å²) in [6.45, 7) is 1.99. The Hall–Kier alpha value is -1.27. The van der Waals surface area contributed by atoms with Gasteiger partial charge in [0.1, 0.15) is 0 Å². The lowest BCUT2D eigenvalue weighted by Crippen LogP contribution is -2.22. The zero-order chi connectivity index (χ0) is 14.0. The number of phenolic OH excluding ortho intramolecular Hbond substituents is 1. The lowest BCUT2D eigenvalue weighted by Gasteiger charge is -2.16. The molecule has 5 nitrogen and oxygen atoms in total. The fourth-order valence-electron chi connectivity index (χ4n) is 2.31. The van der Waals surface area contributed by atoms with E-state index in [0.29, 0.717) is 29.7 Å². The van der Waals surface area contributed by atoms with Crippen LogP contribution in [0, 0.1) is 5.92 Å². The largest absolute Gasteiger partial charge is 0.503 e. The Morgan fingerprint density at radius 2 is 2.32 bits per heavy atom. The fraction of sp³-hybridized carbons (Fsp3) is 0.462. The van der Waals surface area contributed by atoms with Crippen molar-refractivity contribution in [2.24, 2.45) is 5.92 Å². The first-order chi connectivity index (χ1) is 9.01. The summed E-state index contributed by atoms with van der Waals surface area (Å²) in [5.41, 5.74) is 0.979. The number of rotatable bonds is 4. The number of carbonyl (C=O) groups is 1. The van der Waals surface area contributed by atoms with Crippen LogP contribution in [0.25, 0.3) is 0 Å². The molecule has 1 fully saturated rings. The molecular weight excluding hydrogens is 314 g/mol. The van der Waals surface area contributed by atoms with Gasteiger partial charge >= 0.3 is 5.97 Å². The maximum atomic E-state index is 10.9. The van der Waals surface area contributed by atoms with Crippen LogP contribution in [-0.4, -0.2) is 41.3 Å². The lowest BCUT2D eigenvalue weighted by atomic mass is 10.1. The SMILES string of the molecule is COc1cc(CN2CCC(C(=O)O)C2)cc(Br)c1O. The van der Waals surface area contributed by atoms with Crippen LogP contribution in [0.1, 0.15) is 12.0 Å². The van der Waals surface area contributed by atoms with Crippen molar-refractivity contribution in [2.75, 3.05) is 20.2 Å². The van der Waals surface area contributed by atoms with Gasteiger partial charge in [-0.2, -0.15) is 0 Å². The van der Waals surface area contributed by atoms with Crippen molar-refractivity contribution >= 4 is 21.9 Å². The summed E-state index contributed by atoms with van der Waals surface area (Å²) >= 11 is 3.28. The summed E-state index contributed by atoms with van der Waals surface area (Å²) in [6, 6.07) is 3.60. The first-order valence-corrected chi connectivity index (χ1v) is 6.81. The number of ether oxygens (including phenoxy) is 1. The van der Waals surface area contributed by atoms with Gasteiger partial charge in [0.15, 0.2) is 11.5 Å². The molecule has 1 aromatic rings. The average molecular weight is 330 g/mol. The van der Waals surface area contributed by atoms with Crippen LogP contribution < -0.4 is 4.74 Å². The quantitative estimate of drug-likeness (QED) is 0.884. The van der Waals surface area contributed by atoms with Crippen molar-refractivity contribution < 1.29 is 19.7 Å². The fourth-order valence-corrected chi connectivity index (χ4v) is 2.80. The minimum Gasteiger partial charge on any atom is -0.503 e. The lowest BCUT2D eigenvalue weighted by molar-refractivity contribution is -0.141. The normalized spacial score (nSPS) is 19.6. The third-order valence-corrected chi connectivity index (χ3v) is 3.94. The van der Waals surface area contributed by atoms with Crippen LogP contribution in [-0.2, 0) is 11.3 Å². The van der Waals surface area contributed by atoms with E-state index in [0.717, 1.165) is 12.1 Å². The number of halogens is 1. The van der Waals surface area contributed by atoms with Crippen molar-refractivity contribution in [1.29, 1.82) is 0 Å². The Kier molecular flexibility index (Phi) is 4.31. The molecule has 1 saturated heterocycles. The Labute approximate surface area is 119 Å². The van der Waals surface area contributed by atoms with E-state index in [1.807, 2.05) is 6.07 Å². The van der Waals surface area contributed by atoms with Crippen molar-refractivity contribution in [1.82, 2.24) is 4.90 Å². The van der Waals surface area contributed by atoms with E-state index >= 15 is 0 Å². The van der Waals surface area contributed by atoms with Crippen LogP contribution in [0.15, 0.2) is 16.6 Å². The average Bonchev–Trinajstić information content (AvgIpc) is 2.82. The third kappa shape index (κ3) is 3.19. The number of hydrogen-bond donors (Lipinski definition) is 2. The molecule has 0 saturated carbocycles. The number of aliphatic carboxylic acids is 1. The van der Waals surface area contributed by atoms with Crippen molar-refractivity contribution in [3.63, 3.8) is 0 Å². The molecular formula is C13H16BrNO4. The molecule has 0 aromatic heterocycles. The van der Waals surface area contributed by atoms with Crippen molar-refractivity contribution in [2.45, 2.75) is 13.0 Å². The van der Waals surface area contributed by atoms with Gasteiger partial charge in [0.05, 0.1) is 17.5 Å². The molecule has 6 heteroatoms. The molecule has 0 bridgehead atoms. The second kappa shape index (κ2) is 5.79. The predicted molar refractivity (Wildman–Crippen MR) is 73.4 cm³/mol. The molecule has 1 unspecified atom stereocenters. The van der Waals surface area contributed by atoms with E-state index in [4.69, 9.17) is 9.84 Å². The summed E-state index contributed by atoms with van der Waals surface area (Å²) < 4.78 is 5.68. The molecule has 0 radical (unpaired) electrons. The molecule has 0 amide bonds. The van der Waals surface area contributed by atoms with Gasteiger partial charge in [-0.3, -0.25) is 9.69 Å². The standard InChI is InChI=1S/C13H16BrNO4/c1-19-11-5-8(4-10(14)12(11)16)6-15-3-2-9(7-15)13(17)18/h4-5,9,16H,2-3,6-7H2,1H3,(H,17,18). The number of methoxy groups -OCH3 is 1. The molecule has 104 valence electrons. The number of aromatic hydroxyl groups is 1. The van der Waals surface area contributed by atoms with Gasteiger partial charge in [0.25, 0.3) is 0 Å². The monoisotopic (exact) mass is 329 g/mol. The smallest absolute Gasteiger partial charge is 0.307 e. The van der Waals surface area contributed by atoms with E-state index in [1.54, 1.807) is 6.07 Å². The first kappa shape index (κ1) is 14.1. The highest BCUT2D eigenvalue weighted by molar-refractivity contribution is 9.10. The number of benzene rings is 1. The van der Waals surface area contributed by atoms with Crippen LogP contribution >= 0.6 is 15.9 Å². The van der Waals surface area contributed by atoms with E-state index in [1.165, 1.54) is 7.11 Å². The highest BCUT2D eigenvalue weighted by atomic mass is 79.9. The zero-order valence-electron chi connectivity index (χ0n) is 10.6. The van der Waals surface area contributed by atoms with E-state index in [9.17, 15) is 9.90 Å². The Morgan fingerprint density at radius 3 is 2.89 bits per heavy atom. The van der Waals surface area contributed by atoms with Gasteiger partial charge in [-0.05, 0) is 46.6 Å². The molecule has 0 aliphatic carbocycles. The van der Waals surface area contributed by atoms with Crippen LogP contribution in [0.2, 0.25) is 0 Å². The number of hydrogen-bond acceptors (Lipinski definition) is 4. The van der Waals surface area contributed by atoms with Crippen molar-refractivity contribution in [3.05, 3.63) is 22.2 Å². The zero-order valence-corrected chi connectivity index (χ0v) is 12.2. The van der Waals surface area contributed by atoms with Gasteiger partial charge < -0.3 is 14.9 Å². The molecule has 1 aliphatic rings. The molecule has 19 heavy (non-hydrogen) atoms. The summed E-state index contributed by atoms with van der Waals surface area (Å²) in [5, 5.41) is 18.7. The van der Waals surface area contributed by atoms with E-state index < -0.39 is 5.97 Å². The highest BCUT2D eigenvalue weighted by Crippen LogP contribution is 2.35. The Bertz CT molecular complexity index is 492. The predicted octanol–water partition coefficient (Wildman–Crippen LogP) is 2.07. The van der Waals surface area contributed by atoms with Gasteiger partial charge in [-0.25, -0.2) is 0 Å². The molecule has 2 N–H and O–H groups in total. The minimum atomic E-state index is -0.730. The molecule has 1 heterocycles. The second-order valence-corrected chi connectivity index (χ2v) is 5.54. The number of carboxylic acids is 1. The summed E-state index contributed by atoms with van der Waals surface area (Å²) in [5.74, 6) is -0.510. The van der Waals surface area contributed by atoms with E-state index in [2.05, 4.69) is 20.8 Å². The molecule has 1 atom stereocenters. The summed E-state index contributed by atoms with van der Waals surface area (Å²) in [6.07, 6.45) is 0.686.